The molecule has 0 atom stereocenters. The minimum Gasteiger partial charge on any atom is -0.294 e. The van der Waals surface area contributed by atoms with Gasteiger partial charge in [-0.1, -0.05) is 15.9 Å². The number of hydrogen-bond acceptors (Lipinski definition) is 2. The number of nitrogens with zero attached hydrogens (tertiary/aromatic N) is 2. The summed E-state index contributed by atoms with van der Waals surface area (Å²) in [6, 6.07) is 4.38. The van der Waals surface area contributed by atoms with Crippen molar-refractivity contribution in [3.05, 3.63) is 52.0 Å². The van der Waals surface area contributed by atoms with Gasteiger partial charge in [0.05, 0.1) is 11.8 Å². The monoisotopic (exact) mass is 310 g/mol. The highest BCUT2D eigenvalue weighted by Gasteiger charge is 2.12. The Morgan fingerprint density at radius 1 is 1.50 bits per heavy atom. The average molecular weight is 311 g/mol. The van der Waals surface area contributed by atoms with Gasteiger partial charge in [-0.3, -0.25) is 9.48 Å². The minimum atomic E-state index is -0.477. The van der Waals surface area contributed by atoms with Crippen LogP contribution in [0.2, 0.25) is 0 Å². The van der Waals surface area contributed by atoms with Crippen molar-refractivity contribution in [3.8, 4) is 0 Å². The number of halogens is 2. The molecule has 0 spiro atoms. The molecule has 0 aliphatic rings. The summed E-state index contributed by atoms with van der Waals surface area (Å²) in [6.45, 7) is 0. The molecule has 18 heavy (non-hydrogen) atoms. The van der Waals surface area contributed by atoms with Gasteiger partial charge in [0.2, 0.25) is 0 Å². The van der Waals surface area contributed by atoms with Gasteiger partial charge < -0.3 is 0 Å². The molecule has 0 aliphatic heterocycles. The number of benzene rings is 1. The zero-order valence-corrected chi connectivity index (χ0v) is 11.4. The summed E-state index contributed by atoms with van der Waals surface area (Å²) in [5.74, 6) is -0.674. The molecule has 0 amide bonds. The second kappa shape index (κ2) is 5.44. The molecule has 0 radical (unpaired) electrons. The SMILES string of the molecule is Cn1cc(CCC(=O)c2cc(Br)ccc2F)cn1. The lowest BCUT2D eigenvalue weighted by Gasteiger charge is -2.02. The third kappa shape index (κ3) is 3.04. The first-order chi connectivity index (χ1) is 8.56. The molecular formula is C13H12BrFN2O. The fourth-order valence-electron chi connectivity index (χ4n) is 1.70. The number of carbonyl (C=O) groups is 1. The van der Waals surface area contributed by atoms with Crippen LogP contribution in [0, 0.1) is 5.82 Å². The summed E-state index contributed by atoms with van der Waals surface area (Å²) in [4.78, 5) is 11.9. The number of carbonyl (C=O) groups excluding carboxylic acids is 1. The fraction of sp³-hybridized carbons (Fsp3) is 0.231. The molecule has 5 heteroatoms. The molecule has 2 rings (SSSR count). The molecule has 1 heterocycles. The summed E-state index contributed by atoms with van der Waals surface area (Å²) in [7, 11) is 1.82. The summed E-state index contributed by atoms with van der Waals surface area (Å²) < 4.78 is 15.9. The minimum absolute atomic E-state index is 0.133. The molecule has 0 saturated heterocycles. The van der Waals surface area contributed by atoms with Crippen molar-refractivity contribution in [2.45, 2.75) is 12.8 Å². The Morgan fingerprint density at radius 3 is 2.94 bits per heavy atom. The van der Waals surface area contributed by atoms with E-state index in [1.54, 1.807) is 16.9 Å². The Hall–Kier alpha value is -1.49. The van der Waals surface area contributed by atoms with E-state index in [-0.39, 0.29) is 17.8 Å². The van der Waals surface area contributed by atoms with E-state index in [9.17, 15) is 9.18 Å². The second-order valence-corrected chi connectivity index (χ2v) is 4.99. The van der Waals surface area contributed by atoms with Crippen LogP contribution >= 0.6 is 15.9 Å². The maximum Gasteiger partial charge on any atom is 0.166 e. The van der Waals surface area contributed by atoms with Crippen molar-refractivity contribution in [2.75, 3.05) is 0 Å². The molecule has 0 saturated carbocycles. The number of hydrogen-bond donors (Lipinski definition) is 0. The molecule has 0 bridgehead atoms. The molecule has 0 unspecified atom stereocenters. The maximum absolute atomic E-state index is 13.5. The molecule has 3 nitrogen and oxygen atoms in total. The second-order valence-electron chi connectivity index (χ2n) is 4.07. The van der Waals surface area contributed by atoms with Gasteiger partial charge in [-0.25, -0.2) is 4.39 Å². The van der Waals surface area contributed by atoms with Gasteiger partial charge >= 0.3 is 0 Å². The zero-order chi connectivity index (χ0) is 13.1. The van der Waals surface area contributed by atoms with Gasteiger partial charge in [-0.2, -0.15) is 5.10 Å². The normalized spacial score (nSPS) is 10.6. The highest BCUT2D eigenvalue weighted by atomic mass is 79.9. The van der Waals surface area contributed by atoms with E-state index in [4.69, 9.17) is 0 Å². The van der Waals surface area contributed by atoms with Crippen LogP contribution in [0.1, 0.15) is 22.3 Å². The third-order valence-electron chi connectivity index (χ3n) is 2.63. The number of aryl methyl sites for hydroxylation is 2. The summed E-state index contributed by atoms with van der Waals surface area (Å²) in [5, 5.41) is 4.02. The van der Waals surface area contributed by atoms with E-state index in [0.29, 0.717) is 10.9 Å². The van der Waals surface area contributed by atoms with Crippen molar-refractivity contribution in [1.82, 2.24) is 9.78 Å². The van der Waals surface area contributed by atoms with Crippen LogP contribution in [-0.4, -0.2) is 15.6 Å². The van der Waals surface area contributed by atoms with Gasteiger partial charge in [-0.05, 0) is 30.2 Å². The van der Waals surface area contributed by atoms with E-state index >= 15 is 0 Å². The third-order valence-corrected chi connectivity index (χ3v) is 3.12. The summed E-state index contributed by atoms with van der Waals surface area (Å²) >= 11 is 3.23. The molecule has 1 aromatic heterocycles. The van der Waals surface area contributed by atoms with E-state index in [0.717, 1.165) is 5.56 Å². The molecule has 0 aliphatic carbocycles. The number of rotatable bonds is 4. The predicted octanol–water partition coefficient (Wildman–Crippen LogP) is 3.14. The van der Waals surface area contributed by atoms with Crippen LogP contribution in [0.3, 0.4) is 0 Å². The van der Waals surface area contributed by atoms with Crippen molar-refractivity contribution in [1.29, 1.82) is 0 Å². The Balaban J connectivity index is 2.05. The average Bonchev–Trinajstić information content (AvgIpc) is 2.75. The van der Waals surface area contributed by atoms with Crippen LogP contribution < -0.4 is 0 Å². The molecule has 0 N–H and O–H groups in total. The van der Waals surface area contributed by atoms with Crippen molar-refractivity contribution >= 4 is 21.7 Å². The highest BCUT2D eigenvalue weighted by Crippen LogP contribution is 2.17. The fourth-order valence-corrected chi connectivity index (χ4v) is 2.07. The smallest absolute Gasteiger partial charge is 0.166 e. The first-order valence-corrected chi connectivity index (χ1v) is 6.31. The van der Waals surface area contributed by atoms with Gasteiger partial charge in [-0.15, -0.1) is 0 Å². The predicted molar refractivity (Wildman–Crippen MR) is 70.0 cm³/mol. The lowest BCUT2D eigenvalue weighted by molar-refractivity contribution is 0.0979. The quantitative estimate of drug-likeness (QED) is 0.813. The van der Waals surface area contributed by atoms with E-state index in [1.165, 1.54) is 12.1 Å². The lowest BCUT2D eigenvalue weighted by atomic mass is 10.0. The summed E-state index contributed by atoms with van der Waals surface area (Å²) in [5.41, 5.74) is 1.11. The van der Waals surface area contributed by atoms with Crippen molar-refractivity contribution in [2.24, 2.45) is 7.05 Å². The standard InChI is InChI=1S/C13H12BrFN2O/c1-17-8-9(7-16-17)2-5-13(18)11-6-10(14)3-4-12(11)15/h3-4,6-8H,2,5H2,1H3. The first kappa shape index (κ1) is 13.0. The van der Waals surface area contributed by atoms with Crippen LogP contribution in [-0.2, 0) is 13.5 Å². The number of aromatic nitrogens is 2. The largest absolute Gasteiger partial charge is 0.294 e. The maximum atomic E-state index is 13.5. The molecule has 2 aromatic rings. The van der Waals surface area contributed by atoms with Gasteiger partial charge in [0.15, 0.2) is 5.78 Å². The topological polar surface area (TPSA) is 34.9 Å². The van der Waals surface area contributed by atoms with Crippen LogP contribution in [0.25, 0.3) is 0 Å². The molecule has 94 valence electrons. The van der Waals surface area contributed by atoms with Crippen LogP contribution in [0.5, 0.6) is 0 Å². The van der Waals surface area contributed by atoms with Crippen LogP contribution in [0.4, 0.5) is 4.39 Å². The summed E-state index contributed by atoms with van der Waals surface area (Å²) in [6.07, 6.45) is 4.41. The molecular weight excluding hydrogens is 299 g/mol. The Morgan fingerprint density at radius 2 is 2.28 bits per heavy atom. The lowest BCUT2D eigenvalue weighted by Crippen LogP contribution is -2.04. The van der Waals surface area contributed by atoms with E-state index in [1.807, 2.05) is 13.2 Å². The molecule has 1 aromatic carbocycles. The Labute approximate surface area is 113 Å². The number of ketones is 1. The van der Waals surface area contributed by atoms with Crippen molar-refractivity contribution < 1.29 is 9.18 Å². The Bertz CT molecular complexity index is 580. The first-order valence-electron chi connectivity index (χ1n) is 5.52. The zero-order valence-electron chi connectivity index (χ0n) is 9.86. The van der Waals surface area contributed by atoms with E-state index in [2.05, 4.69) is 21.0 Å². The molecule has 0 fully saturated rings. The van der Waals surface area contributed by atoms with Gasteiger partial charge in [0.25, 0.3) is 0 Å². The van der Waals surface area contributed by atoms with E-state index < -0.39 is 5.82 Å². The van der Waals surface area contributed by atoms with Gasteiger partial charge in [0.1, 0.15) is 5.82 Å². The number of Topliss-reactive ketones (excluding diaryl/α,β-unsaturated/α-hetero) is 1. The Kier molecular flexibility index (Phi) is 3.91. The van der Waals surface area contributed by atoms with Crippen LogP contribution in [0.15, 0.2) is 35.1 Å². The van der Waals surface area contributed by atoms with Crippen molar-refractivity contribution in [3.63, 3.8) is 0 Å². The highest BCUT2D eigenvalue weighted by molar-refractivity contribution is 9.10. The van der Waals surface area contributed by atoms with Gasteiger partial charge in [0, 0.05) is 24.1 Å².